The van der Waals surface area contributed by atoms with Gasteiger partial charge < -0.3 is 14.6 Å². The van der Waals surface area contributed by atoms with Gasteiger partial charge in [0.05, 0.1) is 6.61 Å². The average molecular weight is 332 g/mol. The van der Waals surface area contributed by atoms with Gasteiger partial charge in [-0.25, -0.2) is 0 Å². The largest absolute Gasteiger partial charge is 0.486 e. The van der Waals surface area contributed by atoms with E-state index in [1.807, 2.05) is 18.2 Å². The van der Waals surface area contributed by atoms with E-state index in [9.17, 15) is 5.11 Å². The lowest BCUT2D eigenvalue weighted by molar-refractivity contribution is 0.171. The second-order valence-corrected chi connectivity index (χ2v) is 6.19. The van der Waals surface area contributed by atoms with Crippen LogP contribution in [0.25, 0.3) is 22.3 Å². The predicted octanol–water partition coefficient (Wildman–Crippen LogP) is 4.59. The molecule has 0 saturated carbocycles. The Morgan fingerprint density at radius 3 is 2.16 bits per heavy atom. The fourth-order valence-corrected chi connectivity index (χ4v) is 3.26. The molecule has 3 heteroatoms. The summed E-state index contributed by atoms with van der Waals surface area (Å²) in [5, 5.41) is 9.22. The Balaban J connectivity index is 1.76. The maximum absolute atomic E-state index is 9.22. The first-order valence-electron chi connectivity index (χ1n) is 8.46. The van der Waals surface area contributed by atoms with Gasteiger partial charge in [-0.15, -0.1) is 0 Å². The summed E-state index contributed by atoms with van der Waals surface area (Å²) in [4.78, 5) is 0. The molecule has 25 heavy (non-hydrogen) atoms. The second-order valence-electron chi connectivity index (χ2n) is 6.19. The molecule has 0 saturated heterocycles. The first kappa shape index (κ1) is 15.7. The third-order valence-electron chi connectivity index (χ3n) is 4.63. The van der Waals surface area contributed by atoms with Gasteiger partial charge in [0.2, 0.25) is 0 Å². The van der Waals surface area contributed by atoms with E-state index < -0.39 is 0 Å². The Morgan fingerprint density at radius 1 is 0.800 bits per heavy atom. The van der Waals surface area contributed by atoms with Crippen LogP contribution in [-0.2, 0) is 6.61 Å². The van der Waals surface area contributed by atoms with E-state index in [1.54, 1.807) is 0 Å². The molecule has 126 valence electrons. The lowest BCUT2D eigenvalue weighted by Gasteiger charge is -2.19. The second kappa shape index (κ2) is 6.61. The zero-order chi connectivity index (χ0) is 17.2. The number of ether oxygens (including phenoxy) is 2. The van der Waals surface area contributed by atoms with E-state index in [2.05, 4.69) is 49.4 Å². The van der Waals surface area contributed by atoms with Gasteiger partial charge in [0.1, 0.15) is 13.2 Å². The topological polar surface area (TPSA) is 38.7 Å². The molecule has 0 aliphatic carbocycles. The molecule has 1 aliphatic rings. The van der Waals surface area contributed by atoms with Crippen molar-refractivity contribution >= 4 is 0 Å². The van der Waals surface area contributed by atoms with Crippen molar-refractivity contribution in [1.29, 1.82) is 0 Å². The summed E-state index contributed by atoms with van der Waals surface area (Å²) in [5.74, 6) is 1.62. The van der Waals surface area contributed by atoms with Gasteiger partial charge in [-0.05, 0) is 52.4 Å². The Hall–Kier alpha value is -2.78. The van der Waals surface area contributed by atoms with Crippen LogP contribution in [0.3, 0.4) is 0 Å². The van der Waals surface area contributed by atoms with Crippen molar-refractivity contribution in [3.63, 3.8) is 0 Å². The zero-order valence-electron chi connectivity index (χ0n) is 14.2. The van der Waals surface area contributed by atoms with Gasteiger partial charge in [-0.1, -0.05) is 48.5 Å². The Labute approximate surface area is 147 Å². The minimum atomic E-state index is 0.0660. The summed E-state index contributed by atoms with van der Waals surface area (Å²) in [6, 6.07) is 20.5. The highest BCUT2D eigenvalue weighted by atomic mass is 16.6. The summed E-state index contributed by atoms with van der Waals surface area (Å²) in [5.41, 5.74) is 6.78. The maximum Gasteiger partial charge on any atom is 0.161 e. The molecule has 0 atom stereocenters. The highest BCUT2D eigenvalue weighted by Crippen LogP contribution is 2.37. The van der Waals surface area contributed by atoms with Crippen LogP contribution in [0, 0.1) is 6.92 Å². The van der Waals surface area contributed by atoms with Crippen molar-refractivity contribution in [1.82, 2.24) is 0 Å². The van der Waals surface area contributed by atoms with Gasteiger partial charge in [0.25, 0.3) is 0 Å². The smallest absolute Gasteiger partial charge is 0.161 e. The summed E-state index contributed by atoms with van der Waals surface area (Å²) in [7, 11) is 0. The van der Waals surface area contributed by atoms with E-state index in [0.717, 1.165) is 28.2 Å². The number of rotatable bonds is 3. The Morgan fingerprint density at radius 2 is 1.44 bits per heavy atom. The molecule has 3 aromatic rings. The van der Waals surface area contributed by atoms with Gasteiger partial charge in [0.15, 0.2) is 11.5 Å². The van der Waals surface area contributed by atoms with E-state index in [0.29, 0.717) is 13.2 Å². The molecule has 0 aromatic heterocycles. The molecule has 3 nitrogen and oxygen atoms in total. The zero-order valence-corrected chi connectivity index (χ0v) is 14.2. The van der Waals surface area contributed by atoms with Gasteiger partial charge in [0, 0.05) is 0 Å². The van der Waals surface area contributed by atoms with Crippen LogP contribution in [0.15, 0.2) is 60.7 Å². The van der Waals surface area contributed by atoms with Crippen LogP contribution in [-0.4, -0.2) is 18.3 Å². The number of hydrogen-bond donors (Lipinski definition) is 1. The molecule has 4 rings (SSSR count). The van der Waals surface area contributed by atoms with Crippen LogP contribution in [0.2, 0.25) is 0 Å². The first-order chi connectivity index (χ1) is 12.3. The number of hydrogen-bond acceptors (Lipinski definition) is 3. The third-order valence-corrected chi connectivity index (χ3v) is 4.63. The van der Waals surface area contributed by atoms with Gasteiger partial charge >= 0.3 is 0 Å². The maximum atomic E-state index is 9.22. The van der Waals surface area contributed by atoms with Crippen molar-refractivity contribution in [3.05, 3.63) is 71.8 Å². The van der Waals surface area contributed by atoms with Crippen molar-refractivity contribution in [3.8, 4) is 33.8 Å². The molecule has 1 aliphatic heterocycles. The summed E-state index contributed by atoms with van der Waals surface area (Å²) in [6.07, 6.45) is 0. The van der Waals surface area contributed by atoms with E-state index >= 15 is 0 Å². The highest BCUT2D eigenvalue weighted by molar-refractivity contribution is 5.79. The molecule has 1 N–H and O–H groups in total. The highest BCUT2D eigenvalue weighted by Gasteiger charge is 2.14. The molecule has 0 fully saturated rings. The molecule has 1 heterocycles. The van der Waals surface area contributed by atoms with Crippen molar-refractivity contribution in [2.75, 3.05) is 13.2 Å². The average Bonchev–Trinajstić information content (AvgIpc) is 2.68. The number of benzene rings is 3. The van der Waals surface area contributed by atoms with E-state index in [-0.39, 0.29) is 6.61 Å². The summed E-state index contributed by atoms with van der Waals surface area (Å²) < 4.78 is 11.3. The van der Waals surface area contributed by atoms with Crippen molar-refractivity contribution in [2.45, 2.75) is 13.5 Å². The summed E-state index contributed by atoms with van der Waals surface area (Å²) >= 11 is 0. The van der Waals surface area contributed by atoms with Crippen molar-refractivity contribution < 1.29 is 14.6 Å². The first-order valence-corrected chi connectivity index (χ1v) is 8.46. The monoisotopic (exact) mass is 332 g/mol. The van der Waals surface area contributed by atoms with Crippen LogP contribution >= 0.6 is 0 Å². The van der Waals surface area contributed by atoms with Crippen LogP contribution in [0.5, 0.6) is 11.5 Å². The fourth-order valence-electron chi connectivity index (χ4n) is 3.26. The molecule has 0 amide bonds. The van der Waals surface area contributed by atoms with Crippen LogP contribution in [0.4, 0.5) is 0 Å². The Kier molecular flexibility index (Phi) is 4.16. The minimum Gasteiger partial charge on any atom is -0.486 e. The molecule has 3 aromatic carbocycles. The molecule has 0 spiro atoms. The lowest BCUT2D eigenvalue weighted by Crippen LogP contribution is -2.15. The van der Waals surface area contributed by atoms with Crippen LogP contribution < -0.4 is 9.47 Å². The SMILES string of the molecule is Cc1c(-c2ccc(CO)cc2)cccc1-c1ccc2c(c1)OCCO2. The Bertz CT molecular complexity index is 898. The fraction of sp³-hybridized carbons (Fsp3) is 0.182. The quantitative estimate of drug-likeness (QED) is 0.762. The molecular weight excluding hydrogens is 312 g/mol. The molecular formula is C22H20O3. The lowest BCUT2D eigenvalue weighted by atomic mass is 9.92. The number of aliphatic hydroxyl groups excluding tert-OH is 1. The van der Waals surface area contributed by atoms with E-state index in [1.165, 1.54) is 16.7 Å². The summed E-state index contributed by atoms with van der Waals surface area (Å²) in [6.45, 7) is 3.40. The number of aliphatic hydroxyl groups is 1. The van der Waals surface area contributed by atoms with Crippen LogP contribution in [0.1, 0.15) is 11.1 Å². The molecule has 0 unspecified atom stereocenters. The minimum absolute atomic E-state index is 0.0660. The van der Waals surface area contributed by atoms with Gasteiger partial charge in [-0.3, -0.25) is 0 Å². The normalized spacial score (nSPS) is 12.9. The molecule has 0 radical (unpaired) electrons. The van der Waals surface area contributed by atoms with E-state index in [4.69, 9.17) is 9.47 Å². The van der Waals surface area contributed by atoms with Gasteiger partial charge in [-0.2, -0.15) is 0 Å². The predicted molar refractivity (Wildman–Crippen MR) is 99.0 cm³/mol. The third kappa shape index (κ3) is 2.99. The molecule has 0 bridgehead atoms. The number of fused-ring (bicyclic) bond motifs is 1. The standard InChI is InChI=1S/C22H20O3/c1-15-19(17-7-5-16(14-23)6-8-17)3-2-4-20(15)18-9-10-21-22(13-18)25-12-11-24-21/h2-10,13,23H,11-12,14H2,1H3. The van der Waals surface area contributed by atoms with Crippen molar-refractivity contribution in [2.24, 2.45) is 0 Å².